The number of ether oxygens (including phenoxy) is 1. The third-order valence-corrected chi connectivity index (χ3v) is 5.40. The molecule has 1 aromatic heterocycles. The van der Waals surface area contributed by atoms with E-state index in [1.807, 2.05) is 48.5 Å². The van der Waals surface area contributed by atoms with Crippen molar-refractivity contribution in [2.45, 2.75) is 5.92 Å². The minimum atomic E-state index is -1.30. The van der Waals surface area contributed by atoms with E-state index in [0.29, 0.717) is 0 Å². The van der Waals surface area contributed by atoms with Gasteiger partial charge in [0.05, 0.1) is 5.02 Å². The first-order chi connectivity index (χ1) is 14.0. The van der Waals surface area contributed by atoms with E-state index in [2.05, 4.69) is 10.3 Å². The second kappa shape index (κ2) is 7.73. The number of carboxylic acids is 1. The molecule has 0 radical (unpaired) electrons. The predicted molar refractivity (Wildman–Crippen MR) is 110 cm³/mol. The second-order valence-electron chi connectivity index (χ2n) is 6.41. The maximum absolute atomic E-state index is 12.3. The highest BCUT2D eigenvalue weighted by Crippen LogP contribution is 2.44. The van der Waals surface area contributed by atoms with Crippen LogP contribution >= 0.6 is 23.2 Å². The summed E-state index contributed by atoms with van der Waals surface area (Å²) in [5, 5.41) is 11.5. The Bertz CT molecular complexity index is 1090. The topological polar surface area (TPSA) is 88.5 Å². The standard InChI is InChI=1S/C21H14Cl2N2O4/c22-17-9-15(20(26)27)19(24-18(17)23)25-21(28)29-10-16-13-7-3-1-5-11(13)12-6-2-4-8-14(12)16/h1-9,16H,10H2,(H,26,27)(H,24,25,28). The summed E-state index contributed by atoms with van der Waals surface area (Å²) in [7, 11) is 0. The maximum Gasteiger partial charge on any atom is 0.412 e. The van der Waals surface area contributed by atoms with Crippen LogP contribution in [0.25, 0.3) is 11.1 Å². The number of pyridine rings is 1. The van der Waals surface area contributed by atoms with Crippen LogP contribution in [0, 0.1) is 0 Å². The number of aromatic nitrogens is 1. The second-order valence-corrected chi connectivity index (χ2v) is 7.18. The fourth-order valence-corrected chi connectivity index (χ4v) is 3.75. The molecule has 0 spiro atoms. The lowest BCUT2D eigenvalue weighted by Gasteiger charge is -2.15. The first kappa shape index (κ1) is 19.2. The zero-order chi connectivity index (χ0) is 20.5. The van der Waals surface area contributed by atoms with E-state index in [9.17, 15) is 14.7 Å². The van der Waals surface area contributed by atoms with E-state index < -0.39 is 12.1 Å². The van der Waals surface area contributed by atoms with Gasteiger partial charge in [0, 0.05) is 5.92 Å². The zero-order valence-electron chi connectivity index (χ0n) is 14.9. The number of carbonyl (C=O) groups is 2. The molecule has 146 valence electrons. The van der Waals surface area contributed by atoms with E-state index in [-0.39, 0.29) is 34.1 Å². The van der Waals surface area contributed by atoms with Crippen molar-refractivity contribution >= 4 is 41.1 Å². The molecule has 2 aromatic carbocycles. The van der Waals surface area contributed by atoms with Crippen LogP contribution in [0.4, 0.5) is 10.6 Å². The number of amides is 1. The monoisotopic (exact) mass is 428 g/mol. The lowest BCUT2D eigenvalue weighted by atomic mass is 9.98. The fourth-order valence-electron chi connectivity index (χ4n) is 3.46. The van der Waals surface area contributed by atoms with Gasteiger partial charge in [-0.05, 0) is 28.3 Å². The number of halogens is 2. The Labute approximate surface area is 176 Å². The smallest absolute Gasteiger partial charge is 0.412 e. The highest BCUT2D eigenvalue weighted by Gasteiger charge is 2.29. The molecule has 0 unspecified atom stereocenters. The summed E-state index contributed by atoms with van der Waals surface area (Å²) in [4.78, 5) is 27.5. The minimum absolute atomic E-state index is 0.0258. The summed E-state index contributed by atoms with van der Waals surface area (Å²) in [6, 6.07) is 17.0. The fraction of sp³-hybridized carbons (Fsp3) is 0.0952. The van der Waals surface area contributed by atoms with Crippen molar-refractivity contribution in [3.05, 3.63) is 81.5 Å². The molecule has 0 saturated carbocycles. The molecule has 8 heteroatoms. The first-order valence-corrected chi connectivity index (χ1v) is 9.42. The number of carboxylic acid groups (broad SMARTS) is 1. The Morgan fingerprint density at radius 2 is 1.62 bits per heavy atom. The highest BCUT2D eigenvalue weighted by molar-refractivity contribution is 6.41. The number of nitrogens with zero attached hydrogens (tertiary/aromatic N) is 1. The normalized spacial score (nSPS) is 12.2. The van der Waals surface area contributed by atoms with Crippen molar-refractivity contribution in [1.82, 2.24) is 4.98 Å². The van der Waals surface area contributed by atoms with Gasteiger partial charge in [0.25, 0.3) is 0 Å². The lowest BCUT2D eigenvalue weighted by molar-refractivity contribution is 0.0697. The third kappa shape index (κ3) is 3.64. The summed E-state index contributed by atoms with van der Waals surface area (Å²) < 4.78 is 5.39. The Hall–Kier alpha value is -3.09. The van der Waals surface area contributed by atoms with Crippen LogP contribution in [0.5, 0.6) is 0 Å². The number of nitrogens with one attached hydrogen (secondary N) is 1. The molecule has 1 aliphatic rings. The number of aromatic carboxylic acids is 1. The SMILES string of the molecule is O=C(Nc1nc(Cl)c(Cl)cc1C(=O)O)OCC1c2ccccc2-c2ccccc21. The number of anilines is 1. The zero-order valence-corrected chi connectivity index (χ0v) is 16.4. The molecule has 2 N–H and O–H groups in total. The van der Waals surface area contributed by atoms with Crippen LogP contribution < -0.4 is 5.32 Å². The van der Waals surface area contributed by atoms with Crippen LogP contribution in [-0.2, 0) is 4.74 Å². The average molecular weight is 429 g/mol. The lowest BCUT2D eigenvalue weighted by Crippen LogP contribution is -2.20. The van der Waals surface area contributed by atoms with Gasteiger partial charge in [0.15, 0.2) is 5.82 Å². The molecular weight excluding hydrogens is 415 g/mol. The Morgan fingerprint density at radius 3 is 2.21 bits per heavy atom. The van der Waals surface area contributed by atoms with Crippen molar-refractivity contribution < 1.29 is 19.4 Å². The van der Waals surface area contributed by atoms with E-state index in [1.165, 1.54) is 0 Å². The van der Waals surface area contributed by atoms with E-state index in [1.54, 1.807) is 0 Å². The molecule has 0 saturated heterocycles. The van der Waals surface area contributed by atoms with Crippen LogP contribution in [0.3, 0.4) is 0 Å². The van der Waals surface area contributed by atoms with Crippen molar-refractivity contribution in [3.63, 3.8) is 0 Å². The molecule has 1 amide bonds. The van der Waals surface area contributed by atoms with E-state index >= 15 is 0 Å². The van der Waals surface area contributed by atoms with Crippen LogP contribution in [0.2, 0.25) is 10.2 Å². The maximum atomic E-state index is 12.3. The largest absolute Gasteiger partial charge is 0.478 e. The summed E-state index contributed by atoms with van der Waals surface area (Å²) >= 11 is 11.6. The quantitative estimate of drug-likeness (QED) is 0.539. The van der Waals surface area contributed by atoms with Gasteiger partial charge in [-0.1, -0.05) is 71.7 Å². The number of fused-ring (bicyclic) bond motifs is 3. The number of carbonyl (C=O) groups excluding carboxylic acids is 1. The Kier molecular flexibility index (Phi) is 5.13. The average Bonchev–Trinajstić information content (AvgIpc) is 3.03. The number of hydrogen-bond donors (Lipinski definition) is 2. The van der Waals surface area contributed by atoms with Crippen LogP contribution in [0.15, 0.2) is 54.6 Å². The minimum Gasteiger partial charge on any atom is -0.478 e. The van der Waals surface area contributed by atoms with Crippen molar-refractivity contribution in [2.75, 3.05) is 11.9 Å². The van der Waals surface area contributed by atoms with Gasteiger partial charge in [0.2, 0.25) is 0 Å². The van der Waals surface area contributed by atoms with Gasteiger partial charge < -0.3 is 9.84 Å². The van der Waals surface area contributed by atoms with Crippen molar-refractivity contribution in [1.29, 1.82) is 0 Å². The van der Waals surface area contributed by atoms with E-state index in [0.717, 1.165) is 28.3 Å². The predicted octanol–water partition coefficient (Wildman–Crippen LogP) is 5.45. The number of rotatable bonds is 4. The molecular formula is C21H14Cl2N2O4. The molecule has 4 rings (SSSR count). The van der Waals surface area contributed by atoms with Gasteiger partial charge in [-0.2, -0.15) is 0 Å². The molecule has 0 bridgehead atoms. The van der Waals surface area contributed by atoms with E-state index in [4.69, 9.17) is 27.9 Å². The van der Waals surface area contributed by atoms with Gasteiger partial charge in [-0.3, -0.25) is 5.32 Å². The molecule has 1 aliphatic carbocycles. The molecule has 0 fully saturated rings. The Balaban J connectivity index is 1.53. The van der Waals surface area contributed by atoms with Crippen molar-refractivity contribution in [2.24, 2.45) is 0 Å². The van der Waals surface area contributed by atoms with Gasteiger partial charge in [-0.15, -0.1) is 0 Å². The summed E-state index contributed by atoms with van der Waals surface area (Å²) in [6.07, 6.45) is -0.833. The first-order valence-electron chi connectivity index (χ1n) is 8.67. The summed E-state index contributed by atoms with van der Waals surface area (Å²) in [5.74, 6) is -1.65. The molecule has 0 aliphatic heterocycles. The van der Waals surface area contributed by atoms with Gasteiger partial charge in [0.1, 0.15) is 17.3 Å². The Morgan fingerprint density at radius 1 is 1.03 bits per heavy atom. The van der Waals surface area contributed by atoms with Gasteiger partial charge >= 0.3 is 12.1 Å². The molecule has 29 heavy (non-hydrogen) atoms. The number of benzene rings is 2. The summed E-state index contributed by atoms with van der Waals surface area (Å²) in [6.45, 7) is 0.0869. The van der Waals surface area contributed by atoms with Gasteiger partial charge in [-0.25, -0.2) is 14.6 Å². The number of hydrogen-bond acceptors (Lipinski definition) is 4. The third-order valence-electron chi connectivity index (χ3n) is 4.73. The molecule has 3 aromatic rings. The van der Waals surface area contributed by atoms with Crippen LogP contribution in [-0.4, -0.2) is 28.8 Å². The van der Waals surface area contributed by atoms with Crippen molar-refractivity contribution in [3.8, 4) is 11.1 Å². The molecule has 1 heterocycles. The highest BCUT2D eigenvalue weighted by atomic mass is 35.5. The summed E-state index contributed by atoms with van der Waals surface area (Å²) in [5.41, 5.74) is 4.07. The van der Waals surface area contributed by atoms with Crippen LogP contribution in [0.1, 0.15) is 27.4 Å². The molecule has 0 atom stereocenters. The molecule has 6 nitrogen and oxygen atoms in total.